The van der Waals surface area contributed by atoms with Gasteiger partial charge in [-0.25, -0.2) is 4.79 Å². The monoisotopic (exact) mass is 376 g/mol. The normalized spacial score (nSPS) is 11.8. The number of aromatic carboxylic acids is 1. The molecule has 3 rings (SSSR count). The average molecular weight is 376 g/mol. The van der Waals surface area contributed by atoms with Crippen molar-refractivity contribution < 1.29 is 19.7 Å². The number of para-hydroxylation sites is 1. The zero-order chi connectivity index (χ0) is 19.9. The Hall–Kier alpha value is -3.11. The summed E-state index contributed by atoms with van der Waals surface area (Å²) in [4.78, 5) is 11.0. The van der Waals surface area contributed by atoms with Crippen LogP contribution in [-0.4, -0.2) is 16.2 Å². The standard InChI is InChI=1S/C24H24O4/c1-17(25)22-9-5-8-20(13-10-18-6-3-2-4-7-18)23(22)28-16-19-11-14-21(15-12-19)24(26)27/h2-9,11-12,14-15,17,25H,10,13,16H2,1H3,(H,26,27). The number of hydrogen-bond acceptors (Lipinski definition) is 3. The van der Waals surface area contributed by atoms with Gasteiger partial charge in [-0.3, -0.25) is 0 Å². The van der Waals surface area contributed by atoms with Gasteiger partial charge in [0.05, 0.1) is 11.7 Å². The molecule has 0 fully saturated rings. The zero-order valence-electron chi connectivity index (χ0n) is 15.8. The molecule has 0 amide bonds. The number of ether oxygens (including phenoxy) is 1. The van der Waals surface area contributed by atoms with E-state index in [9.17, 15) is 9.90 Å². The molecule has 2 N–H and O–H groups in total. The van der Waals surface area contributed by atoms with Crippen LogP contribution >= 0.6 is 0 Å². The van der Waals surface area contributed by atoms with Crippen molar-refractivity contribution in [2.24, 2.45) is 0 Å². The molecule has 4 heteroatoms. The number of carboxylic acids is 1. The van der Waals surface area contributed by atoms with Gasteiger partial charge < -0.3 is 14.9 Å². The van der Waals surface area contributed by atoms with Crippen LogP contribution in [0.4, 0.5) is 0 Å². The van der Waals surface area contributed by atoms with Crippen LogP contribution in [-0.2, 0) is 19.4 Å². The number of aryl methyl sites for hydroxylation is 2. The minimum atomic E-state index is -0.949. The SMILES string of the molecule is CC(O)c1cccc(CCc2ccccc2)c1OCc1ccc(C(=O)O)cc1. The van der Waals surface area contributed by atoms with E-state index < -0.39 is 12.1 Å². The summed E-state index contributed by atoms with van der Waals surface area (Å²) in [7, 11) is 0. The van der Waals surface area contributed by atoms with Crippen molar-refractivity contribution in [2.45, 2.75) is 32.5 Å². The lowest BCUT2D eigenvalue weighted by atomic mass is 9.99. The van der Waals surface area contributed by atoms with Crippen molar-refractivity contribution in [2.75, 3.05) is 0 Å². The summed E-state index contributed by atoms with van der Waals surface area (Å²) in [5.74, 6) is -0.245. The maximum Gasteiger partial charge on any atom is 0.335 e. The lowest BCUT2D eigenvalue weighted by Crippen LogP contribution is -2.05. The second-order valence-corrected chi connectivity index (χ2v) is 6.79. The first-order valence-electron chi connectivity index (χ1n) is 9.33. The minimum absolute atomic E-state index is 0.247. The fourth-order valence-electron chi connectivity index (χ4n) is 3.13. The molecule has 3 aromatic carbocycles. The third-order valence-corrected chi connectivity index (χ3v) is 4.69. The van der Waals surface area contributed by atoms with Crippen molar-refractivity contribution in [1.29, 1.82) is 0 Å². The molecular weight excluding hydrogens is 352 g/mol. The molecule has 144 valence electrons. The number of aliphatic hydroxyl groups is 1. The van der Waals surface area contributed by atoms with Gasteiger partial charge in [0, 0.05) is 5.56 Å². The summed E-state index contributed by atoms with van der Waals surface area (Å²) in [6, 6.07) is 22.7. The molecule has 0 saturated heterocycles. The van der Waals surface area contributed by atoms with Crippen molar-refractivity contribution in [3.05, 3.63) is 101 Å². The molecule has 0 aliphatic heterocycles. The molecule has 0 aromatic heterocycles. The Bertz CT molecular complexity index is 915. The third kappa shape index (κ3) is 4.99. The first-order chi connectivity index (χ1) is 13.5. The molecule has 0 aliphatic carbocycles. The molecule has 1 unspecified atom stereocenters. The number of rotatable bonds is 8. The van der Waals surface area contributed by atoms with Crippen LogP contribution in [0, 0.1) is 0 Å². The molecule has 4 nitrogen and oxygen atoms in total. The molecule has 0 radical (unpaired) electrons. The molecule has 0 bridgehead atoms. The Morgan fingerprint density at radius 3 is 2.25 bits per heavy atom. The first-order valence-corrected chi connectivity index (χ1v) is 9.33. The summed E-state index contributed by atoms with van der Waals surface area (Å²) >= 11 is 0. The van der Waals surface area contributed by atoms with Gasteiger partial charge in [0.1, 0.15) is 12.4 Å². The number of carboxylic acid groups (broad SMARTS) is 1. The van der Waals surface area contributed by atoms with E-state index in [1.807, 2.05) is 36.4 Å². The van der Waals surface area contributed by atoms with Gasteiger partial charge in [-0.1, -0.05) is 60.7 Å². The number of benzene rings is 3. The van der Waals surface area contributed by atoms with Crippen LogP contribution < -0.4 is 4.74 Å². The minimum Gasteiger partial charge on any atom is -0.488 e. The third-order valence-electron chi connectivity index (χ3n) is 4.69. The van der Waals surface area contributed by atoms with Gasteiger partial charge in [0.2, 0.25) is 0 Å². The van der Waals surface area contributed by atoms with E-state index >= 15 is 0 Å². The second-order valence-electron chi connectivity index (χ2n) is 6.79. The van der Waals surface area contributed by atoms with E-state index in [1.54, 1.807) is 31.2 Å². The summed E-state index contributed by atoms with van der Waals surface area (Å²) < 4.78 is 6.10. The summed E-state index contributed by atoms with van der Waals surface area (Å²) in [6.07, 6.45) is 1.05. The predicted molar refractivity (Wildman–Crippen MR) is 109 cm³/mol. The molecule has 1 atom stereocenters. The molecule has 3 aromatic rings. The zero-order valence-corrected chi connectivity index (χ0v) is 15.8. The fourth-order valence-corrected chi connectivity index (χ4v) is 3.13. The highest BCUT2D eigenvalue weighted by atomic mass is 16.5. The molecule has 0 saturated carbocycles. The molecule has 0 heterocycles. The topological polar surface area (TPSA) is 66.8 Å². The number of carbonyl (C=O) groups is 1. The van der Waals surface area contributed by atoms with Crippen LogP contribution in [0.25, 0.3) is 0 Å². The van der Waals surface area contributed by atoms with Gasteiger partial charge in [-0.05, 0) is 48.6 Å². The molecule has 0 spiro atoms. The van der Waals surface area contributed by atoms with Crippen LogP contribution in [0.15, 0.2) is 72.8 Å². The number of hydrogen-bond donors (Lipinski definition) is 2. The lowest BCUT2D eigenvalue weighted by molar-refractivity contribution is 0.0697. The predicted octanol–water partition coefficient (Wildman–Crippen LogP) is 4.80. The van der Waals surface area contributed by atoms with Crippen molar-refractivity contribution >= 4 is 5.97 Å². The quantitative estimate of drug-likeness (QED) is 0.592. The average Bonchev–Trinajstić information content (AvgIpc) is 2.71. The maximum absolute atomic E-state index is 11.0. The van der Waals surface area contributed by atoms with Gasteiger partial charge in [-0.15, -0.1) is 0 Å². The van der Waals surface area contributed by atoms with E-state index in [1.165, 1.54) is 5.56 Å². The smallest absolute Gasteiger partial charge is 0.335 e. The first kappa shape index (κ1) is 19.6. The summed E-state index contributed by atoms with van der Waals surface area (Å²) in [6.45, 7) is 2.03. The van der Waals surface area contributed by atoms with E-state index in [2.05, 4.69) is 12.1 Å². The van der Waals surface area contributed by atoms with Crippen molar-refractivity contribution in [3.8, 4) is 5.75 Å². The molecule has 28 heavy (non-hydrogen) atoms. The Balaban J connectivity index is 1.78. The van der Waals surface area contributed by atoms with Crippen LogP contribution in [0.2, 0.25) is 0 Å². The summed E-state index contributed by atoms with van der Waals surface area (Å²) in [5.41, 5.74) is 4.17. The molecule has 0 aliphatic rings. The maximum atomic E-state index is 11.0. The van der Waals surface area contributed by atoms with E-state index in [0.717, 1.165) is 29.5 Å². The van der Waals surface area contributed by atoms with Crippen LogP contribution in [0.5, 0.6) is 5.75 Å². The fraction of sp³-hybridized carbons (Fsp3) is 0.208. The van der Waals surface area contributed by atoms with Gasteiger partial charge >= 0.3 is 5.97 Å². The van der Waals surface area contributed by atoms with Gasteiger partial charge in [0.15, 0.2) is 0 Å². The number of aliphatic hydroxyl groups excluding tert-OH is 1. The Kier molecular flexibility index (Phi) is 6.45. The highest BCUT2D eigenvalue weighted by molar-refractivity contribution is 5.87. The molecular formula is C24H24O4. The van der Waals surface area contributed by atoms with Crippen molar-refractivity contribution in [1.82, 2.24) is 0 Å². The van der Waals surface area contributed by atoms with Crippen LogP contribution in [0.3, 0.4) is 0 Å². The highest BCUT2D eigenvalue weighted by Gasteiger charge is 2.14. The second kappa shape index (κ2) is 9.20. The Morgan fingerprint density at radius 2 is 1.61 bits per heavy atom. The highest BCUT2D eigenvalue weighted by Crippen LogP contribution is 2.31. The van der Waals surface area contributed by atoms with Gasteiger partial charge in [0.25, 0.3) is 0 Å². The summed E-state index contributed by atoms with van der Waals surface area (Å²) in [5, 5.41) is 19.2. The van der Waals surface area contributed by atoms with Crippen LogP contribution in [0.1, 0.15) is 45.6 Å². The largest absolute Gasteiger partial charge is 0.488 e. The van der Waals surface area contributed by atoms with E-state index in [-0.39, 0.29) is 5.56 Å². The van der Waals surface area contributed by atoms with E-state index in [4.69, 9.17) is 9.84 Å². The Morgan fingerprint density at radius 1 is 0.893 bits per heavy atom. The lowest BCUT2D eigenvalue weighted by Gasteiger charge is -2.18. The van der Waals surface area contributed by atoms with Crippen molar-refractivity contribution in [3.63, 3.8) is 0 Å². The van der Waals surface area contributed by atoms with E-state index in [0.29, 0.717) is 12.4 Å². The Labute approximate surface area is 165 Å². The van der Waals surface area contributed by atoms with Gasteiger partial charge in [-0.2, -0.15) is 0 Å².